The van der Waals surface area contributed by atoms with Crippen molar-refractivity contribution in [3.05, 3.63) is 58.9 Å². The van der Waals surface area contributed by atoms with Crippen LogP contribution in [0.1, 0.15) is 23.6 Å². The minimum atomic E-state index is -0.255. The average molecular weight is 341 g/mol. The smallest absolute Gasteiger partial charge is 0.231 e. The maximum absolute atomic E-state index is 13.0. The summed E-state index contributed by atoms with van der Waals surface area (Å²) >= 11 is 0. The molecule has 0 radical (unpaired) electrons. The third kappa shape index (κ3) is 3.18. The second kappa shape index (κ2) is 6.39. The van der Waals surface area contributed by atoms with Gasteiger partial charge in [0.1, 0.15) is 5.82 Å². The third-order valence-electron chi connectivity index (χ3n) is 4.90. The first-order valence-corrected chi connectivity index (χ1v) is 8.55. The van der Waals surface area contributed by atoms with Gasteiger partial charge in [-0.05, 0) is 53.8 Å². The molecule has 0 aromatic heterocycles. The van der Waals surface area contributed by atoms with Crippen molar-refractivity contribution in [1.29, 1.82) is 0 Å². The predicted molar refractivity (Wildman–Crippen MR) is 91.0 cm³/mol. The summed E-state index contributed by atoms with van der Waals surface area (Å²) in [6.07, 6.45) is 1.44. The number of hydrogen-bond acceptors (Lipinski definition) is 3. The first kappa shape index (κ1) is 15.9. The Morgan fingerprint density at radius 2 is 1.84 bits per heavy atom. The molecule has 2 aromatic rings. The lowest BCUT2D eigenvalue weighted by atomic mass is 9.95. The van der Waals surface area contributed by atoms with E-state index in [1.807, 2.05) is 24.0 Å². The Kier molecular flexibility index (Phi) is 4.07. The van der Waals surface area contributed by atoms with Crippen molar-refractivity contribution in [2.45, 2.75) is 26.3 Å². The molecule has 2 heterocycles. The van der Waals surface area contributed by atoms with Gasteiger partial charge in [-0.25, -0.2) is 4.39 Å². The molecule has 0 aliphatic carbocycles. The lowest BCUT2D eigenvalue weighted by molar-refractivity contribution is -0.135. The Bertz CT molecular complexity index is 803. The van der Waals surface area contributed by atoms with Gasteiger partial charge in [-0.3, -0.25) is 4.79 Å². The van der Waals surface area contributed by atoms with Crippen LogP contribution in [0.4, 0.5) is 4.39 Å². The zero-order valence-corrected chi connectivity index (χ0v) is 14.1. The number of amides is 1. The molecule has 2 aliphatic rings. The molecule has 5 heteroatoms. The van der Waals surface area contributed by atoms with Crippen LogP contribution in [0.3, 0.4) is 0 Å². The van der Waals surface area contributed by atoms with Gasteiger partial charge in [0.05, 0.1) is 0 Å². The molecule has 0 spiro atoms. The first-order chi connectivity index (χ1) is 12.1. The Morgan fingerprint density at radius 3 is 2.56 bits per heavy atom. The van der Waals surface area contributed by atoms with E-state index in [1.54, 1.807) is 12.1 Å². The van der Waals surface area contributed by atoms with E-state index < -0.39 is 0 Å². The van der Waals surface area contributed by atoms with Gasteiger partial charge in [-0.1, -0.05) is 19.1 Å². The Balaban J connectivity index is 1.45. The average Bonchev–Trinajstić information content (AvgIpc) is 3.07. The van der Waals surface area contributed by atoms with Crippen LogP contribution in [0.25, 0.3) is 0 Å². The third-order valence-corrected chi connectivity index (χ3v) is 4.90. The highest BCUT2D eigenvalue weighted by Gasteiger charge is 2.27. The van der Waals surface area contributed by atoms with Gasteiger partial charge in [-0.2, -0.15) is 0 Å². The molecular formula is C20H20FNO3. The van der Waals surface area contributed by atoms with Crippen LogP contribution in [-0.4, -0.2) is 24.1 Å². The van der Waals surface area contributed by atoms with Crippen LogP contribution in [0.15, 0.2) is 36.4 Å². The Morgan fingerprint density at radius 1 is 1.16 bits per heavy atom. The summed E-state index contributed by atoms with van der Waals surface area (Å²) in [5, 5.41) is 0. The van der Waals surface area contributed by atoms with E-state index in [0.29, 0.717) is 19.5 Å². The highest BCUT2D eigenvalue weighted by atomic mass is 19.1. The summed E-state index contributed by atoms with van der Waals surface area (Å²) in [7, 11) is 0. The van der Waals surface area contributed by atoms with Crippen LogP contribution >= 0.6 is 0 Å². The normalized spacial score (nSPS) is 16.5. The summed E-state index contributed by atoms with van der Waals surface area (Å²) in [4.78, 5) is 14.7. The van der Waals surface area contributed by atoms with Gasteiger partial charge in [0.25, 0.3) is 0 Å². The van der Waals surface area contributed by atoms with E-state index in [-0.39, 0.29) is 24.4 Å². The van der Waals surface area contributed by atoms with E-state index in [9.17, 15) is 9.18 Å². The van der Waals surface area contributed by atoms with E-state index in [2.05, 4.69) is 0 Å². The van der Waals surface area contributed by atoms with E-state index in [4.69, 9.17) is 9.47 Å². The summed E-state index contributed by atoms with van der Waals surface area (Å²) in [5.74, 6) is 1.29. The number of carbonyl (C=O) groups excluding carboxylic acids is 1. The van der Waals surface area contributed by atoms with Crippen LogP contribution in [0.2, 0.25) is 0 Å². The molecule has 25 heavy (non-hydrogen) atoms. The van der Waals surface area contributed by atoms with Crippen molar-refractivity contribution < 1.29 is 18.7 Å². The fraction of sp³-hybridized carbons (Fsp3) is 0.350. The fourth-order valence-electron chi connectivity index (χ4n) is 3.51. The molecule has 2 aliphatic heterocycles. The van der Waals surface area contributed by atoms with Gasteiger partial charge in [0.2, 0.25) is 12.7 Å². The van der Waals surface area contributed by atoms with Gasteiger partial charge in [0, 0.05) is 19.0 Å². The SMILES string of the molecule is CC(Cc1ccc(F)cc1)C(=O)N1CCc2cc3c(cc2C1)OCO3. The zero-order chi connectivity index (χ0) is 17.4. The fourth-order valence-corrected chi connectivity index (χ4v) is 3.51. The van der Waals surface area contributed by atoms with E-state index in [0.717, 1.165) is 29.0 Å². The molecule has 0 N–H and O–H groups in total. The minimum absolute atomic E-state index is 0.132. The molecule has 0 fully saturated rings. The van der Waals surface area contributed by atoms with E-state index >= 15 is 0 Å². The molecule has 4 nitrogen and oxygen atoms in total. The molecule has 0 bridgehead atoms. The number of nitrogens with zero attached hydrogens (tertiary/aromatic N) is 1. The summed E-state index contributed by atoms with van der Waals surface area (Å²) in [5.41, 5.74) is 3.32. The summed E-state index contributed by atoms with van der Waals surface area (Å²) in [6.45, 7) is 3.49. The molecule has 0 saturated carbocycles. The van der Waals surface area contributed by atoms with Crippen LogP contribution in [0, 0.1) is 11.7 Å². The molecule has 1 amide bonds. The number of rotatable bonds is 3. The Labute approximate surface area is 146 Å². The number of carbonyl (C=O) groups is 1. The minimum Gasteiger partial charge on any atom is -0.454 e. The number of benzene rings is 2. The zero-order valence-electron chi connectivity index (χ0n) is 14.1. The molecule has 0 saturated heterocycles. The van der Waals surface area contributed by atoms with Crippen LogP contribution in [-0.2, 0) is 24.2 Å². The molecule has 4 rings (SSSR count). The molecule has 1 atom stereocenters. The number of fused-ring (bicyclic) bond motifs is 2. The number of ether oxygens (including phenoxy) is 2. The van der Waals surface area contributed by atoms with Crippen molar-refractivity contribution in [2.75, 3.05) is 13.3 Å². The van der Waals surface area contributed by atoms with E-state index in [1.165, 1.54) is 17.7 Å². The maximum atomic E-state index is 13.0. The van der Waals surface area contributed by atoms with Gasteiger partial charge >= 0.3 is 0 Å². The Hall–Kier alpha value is -2.56. The highest BCUT2D eigenvalue weighted by Crippen LogP contribution is 2.37. The lowest BCUT2D eigenvalue weighted by Crippen LogP contribution is -2.39. The predicted octanol–water partition coefficient (Wildman–Crippen LogP) is 3.32. The van der Waals surface area contributed by atoms with Crippen molar-refractivity contribution in [1.82, 2.24) is 4.90 Å². The van der Waals surface area contributed by atoms with Crippen molar-refractivity contribution in [3.63, 3.8) is 0 Å². The maximum Gasteiger partial charge on any atom is 0.231 e. The van der Waals surface area contributed by atoms with Gasteiger partial charge in [-0.15, -0.1) is 0 Å². The quantitative estimate of drug-likeness (QED) is 0.860. The molecule has 2 aromatic carbocycles. The standard InChI is InChI=1S/C20H20FNO3/c1-13(8-14-2-4-17(21)5-3-14)20(23)22-7-6-15-9-18-19(25-12-24-18)10-16(15)11-22/h2-5,9-10,13H,6-8,11-12H2,1H3. The first-order valence-electron chi connectivity index (χ1n) is 8.55. The molecule has 1 unspecified atom stereocenters. The van der Waals surface area contributed by atoms with Crippen molar-refractivity contribution in [2.24, 2.45) is 5.92 Å². The largest absolute Gasteiger partial charge is 0.454 e. The molecule has 130 valence electrons. The number of halogens is 1. The summed E-state index contributed by atoms with van der Waals surface area (Å²) in [6, 6.07) is 10.4. The van der Waals surface area contributed by atoms with Gasteiger partial charge < -0.3 is 14.4 Å². The lowest BCUT2D eigenvalue weighted by Gasteiger charge is -2.31. The van der Waals surface area contributed by atoms with Gasteiger partial charge in [0.15, 0.2) is 11.5 Å². The molecular weight excluding hydrogens is 321 g/mol. The van der Waals surface area contributed by atoms with Crippen molar-refractivity contribution >= 4 is 5.91 Å². The van der Waals surface area contributed by atoms with Crippen molar-refractivity contribution in [3.8, 4) is 11.5 Å². The monoisotopic (exact) mass is 341 g/mol. The topological polar surface area (TPSA) is 38.8 Å². The second-order valence-electron chi connectivity index (χ2n) is 6.72. The van der Waals surface area contributed by atoms with Crippen LogP contribution < -0.4 is 9.47 Å². The summed E-state index contributed by atoms with van der Waals surface area (Å²) < 4.78 is 23.9. The number of hydrogen-bond donors (Lipinski definition) is 0. The van der Waals surface area contributed by atoms with Crippen LogP contribution in [0.5, 0.6) is 11.5 Å². The highest BCUT2D eigenvalue weighted by molar-refractivity contribution is 5.79. The second-order valence-corrected chi connectivity index (χ2v) is 6.72.